The second-order valence-corrected chi connectivity index (χ2v) is 7.49. The Morgan fingerprint density at radius 2 is 1.70 bits per heavy atom. The molecular weight excluding hydrogens is 428 g/mol. The van der Waals surface area contributed by atoms with Crippen molar-refractivity contribution in [3.05, 3.63) is 107 Å². The topological polar surface area (TPSA) is 88.1 Å². The number of hydrogen-bond donors (Lipinski definition) is 2. The highest BCUT2D eigenvalue weighted by atomic mass is 19.1. The van der Waals surface area contributed by atoms with Gasteiger partial charge in [0, 0.05) is 23.9 Å². The van der Waals surface area contributed by atoms with E-state index >= 15 is 0 Å². The van der Waals surface area contributed by atoms with Crippen LogP contribution < -0.4 is 0 Å². The minimum atomic E-state index is -1.15. The quantitative estimate of drug-likeness (QED) is 0.391. The molecule has 4 rings (SSSR count). The van der Waals surface area contributed by atoms with Crippen molar-refractivity contribution in [1.29, 1.82) is 0 Å². The van der Waals surface area contributed by atoms with Crippen LogP contribution in [-0.4, -0.2) is 32.6 Å². The molecule has 0 radical (unpaired) electrons. The fourth-order valence-corrected chi connectivity index (χ4v) is 3.50. The van der Waals surface area contributed by atoms with Gasteiger partial charge in [-0.15, -0.1) is 0 Å². The standard InChI is InChI=1S/C25H21F2N3O3/c1-15-28-14-20(29-15)12-13-33-24(17-4-8-19(27)9-5-17)22-11-10-21(25(31)32)23(30-22)16-2-6-18(26)7-3-16/h2-11,14,24H,12-13H2,1H3,(H,28,29)(H,31,32). The van der Waals surface area contributed by atoms with Crippen LogP contribution in [0, 0.1) is 18.6 Å². The van der Waals surface area contributed by atoms with E-state index < -0.39 is 17.9 Å². The van der Waals surface area contributed by atoms with E-state index in [1.165, 1.54) is 42.5 Å². The first-order chi connectivity index (χ1) is 15.9. The van der Waals surface area contributed by atoms with E-state index in [1.807, 2.05) is 6.92 Å². The molecular formula is C25H21F2N3O3. The molecule has 0 saturated heterocycles. The maximum Gasteiger partial charge on any atom is 0.337 e. The van der Waals surface area contributed by atoms with Gasteiger partial charge in [-0.25, -0.2) is 23.5 Å². The summed E-state index contributed by atoms with van der Waals surface area (Å²) in [5.74, 6) is -1.17. The Morgan fingerprint density at radius 1 is 1.03 bits per heavy atom. The number of rotatable bonds is 8. The van der Waals surface area contributed by atoms with E-state index in [2.05, 4.69) is 15.0 Å². The number of imidazole rings is 1. The highest BCUT2D eigenvalue weighted by Crippen LogP contribution is 2.30. The minimum Gasteiger partial charge on any atom is -0.478 e. The fraction of sp³-hybridized carbons (Fsp3) is 0.160. The zero-order valence-electron chi connectivity index (χ0n) is 17.8. The third kappa shape index (κ3) is 5.30. The Kier molecular flexibility index (Phi) is 6.55. The van der Waals surface area contributed by atoms with E-state index in [0.29, 0.717) is 29.8 Å². The van der Waals surface area contributed by atoms with Gasteiger partial charge in [-0.2, -0.15) is 0 Å². The van der Waals surface area contributed by atoms with Crippen molar-refractivity contribution in [2.24, 2.45) is 0 Å². The van der Waals surface area contributed by atoms with Gasteiger partial charge in [0.2, 0.25) is 0 Å². The molecule has 2 aromatic carbocycles. The van der Waals surface area contributed by atoms with Crippen LogP contribution in [0.25, 0.3) is 11.3 Å². The first-order valence-corrected chi connectivity index (χ1v) is 10.3. The summed E-state index contributed by atoms with van der Waals surface area (Å²) in [5.41, 5.74) is 2.66. The van der Waals surface area contributed by atoms with E-state index in [1.54, 1.807) is 24.4 Å². The number of aryl methyl sites for hydroxylation is 1. The molecule has 8 heteroatoms. The Morgan fingerprint density at radius 3 is 2.30 bits per heavy atom. The molecule has 6 nitrogen and oxygen atoms in total. The predicted molar refractivity (Wildman–Crippen MR) is 118 cm³/mol. The second kappa shape index (κ2) is 9.70. The van der Waals surface area contributed by atoms with Gasteiger partial charge in [0.05, 0.1) is 23.6 Å². The summed E-state index contributed by atoms with van der Waals surface area (Å²) >= 11 is 0. The molecule has 0 aliphatic carbocycles. The first-order valence-electron chi connectivity index (χ1n) is 10.3. The van der Waals surface area contributed by atoms with Gasteiger partial charge >= 0.3 is 5.97 Å². The van der Waals surface area contributed by atoms with Crippen LogP contribution in [0.4, 0.5) is 8.78 Å². The average molecular weight is 449 g/mol. The summed E-state index contributed by atoms with van der Waals surface area (Å²) in [6.45, 7) is 2.18. The monoisotopic (exact) mass is 449 g/mol. The molecule has 2 N–H and O–H groups in total. The molecule has 2 heterocycles. The molecule has 0 fully saturated rings. The van der Waals surface area contributed by atoms with E-state index in [0.717, 1.165) is 11.5 Å². The number of halogens is 2. The lowest BCUT2D eigenvalue weighted by Crippen LogP contribution is -2.13. The third-order valence-corrected chi connectivity index (χ3v) is 5.12. The summed E-state index contributed by atoms with van der Waals surface area (Å²) in [5, 5.41) is 9.63. The zero-order chi connectivity index (χ0) is 23.4. The van der Waals surface area contributed by atoms with Crippen LogP contribution in [-0.2, 0) is 11.2 Å². The van der Waals surface area contributed by atoms with E-state index in [9.17, 15) is 18.7 Å². The summed E-state index contributed by atoms with van der Waals surface area (Å²) in [7, 11) is 0. The number of pyridine rings is 1. The minimum absolute atomic E-state index is 0.0175. The number of aromatic amines is 1. The van der Waals surface area contributed by atoms with Crippen molar-refractivity contribution >= 4 is 5.97 Å². The lowest BCUT2D eigenvalue weighted by Gasteiger charge is -2.19. The molecule has 2 aromatic heterocycles. The summed E-state index contributed by atoms with van der Waals surface area (Å²) in [6, 6.07) is 14.3. The highest BCUT2D eigenvalue weighted by molar-refractivity contribution is 5.94. The largest absolute Gasteiger partial charge is 0.478 e. The number of carboxylic acid groups (broad SMARTS) is 1. The fourth-order valence-electron chi connectivity index (χ4n) is 3.50. The molecule has 0 aliphatic rings. The number of carbonyl (C=O) groups is 1. The number of aromatic nitrogens is 3. The van der Waals surface area contributed by atoms with Crippen molar-refractivity contribution < 1.29 is 23.4 Å². The third-order valence-electron chi connectivity index (χ3n) is 5.12. The van der Waals surface area contributed by atoms with Crippen molar-refractivity contribution in [2.45, 2.75) is 19.4 Å². The molecule has 0 amide bonds. The number of carboxylic acids is 1. The zero-order valence-corrected chi connectivity index (χ0v) is 17.8. The number of H-pyrrole nitrogens is 1. The lowest BCUT2D eigenvalue weighted by atomic mass is 10.0. The number of nitrogens with one attached hydrogen (secondary N) is 1. The predicted octanol–water partition coefficient (Wildman–Crippen LogP) is 5.11. The summed E-state index contributed by atoms with van der Waals surface area (Å²) in [6.07, 6.45) is 1.63. The first kappa shape index (κ1) is 22.3. The van der Waals surface area contributed by atoms with Crippen LogP contribution in [0.3, 0.4) is 0 Å². The average Bonchev–Trinajstić information content (AvgIpc) is 3.22. The van der Waals surface area contributed by atoms with Crippen LogP contribution in [0.1, 0.15) is 39.2 Å². The molecule has 4 aromatic rings. The van der Waals surface area contributed by atoms with Gasteiger partial charge in [0.25, 0.3) is 0 Å². The number of nitrogens with zero attached hydrogens (tertiary/aromatic N) is 2. The smallest absolute Gasteiger partial charge is 0.337 e. The highest BCUT2D eigenvalue weighted by Gasteiger charge is 2.21. The molecule has 33 heavy (non-hydrogen) atoms. The van der Waals surface area contributed by atoms with Crippen LogP contribution in [0.15, 0.2) is 66.9 Å². The Labute approximate surface area is 188 Å². The van der Waals surface area contributed by atoms with Gasteiger partial charge in [0.15, 0.2) is 0 Å². The van der Waals surface area contributed by atoms with E-state index in [-0.39, 0.29) is 17.1 Å². The van der Waals surface area contributed by atoms with Crippen molar-refractivity contribution in [2.75, 3.05) is 6.61 Å². The molecule has 1 atom stereocenters. The number of aromatic carboxylic acids is 1. The SMILES string of the molecule is Cc1ncc(CCOC(c2ccc(F)cc2)c2ccc(C(=O)O)c(-c3ccc(F)cc3)n2)[nH]1. The summed E-state index contributed by atoms with van der Waals surface area (Å²) in [4.78, 5) is 23.7. The molecule has 0 aliphatic heterocycles. The molecule has 0 spiro atoms. The second-order valence-electron chi connectivity index (χ2n) is 7.49. The van der Waals surface area contributed by atoms with Gasteiger partial charge in [0.1, 0.15) is 23.6 Å². The molecule has 1 unspecified atom stereocenters. The number of hydrogen-bond acceptors (Lipinski definition) is 4. The van der Waals surface area contributed by atoms with Crippen molar-refractivity contribution in [3.63, 3.8) is 0 Å². The van der Waals surface area contributed by atoms with E-state index in [4.69, 9.17) is 4.74 Å². The van der Waals surface area contributed by atoms with Crippen LogP contribution in [0.5, 0.6) is 0 Å². The van der Waals surface area contributed by atoms with Crippen molar-refractivity contribution in [1.82, 2.24) is 15.0 Å². The molecule has 0 bridgehead atoms. The van der Waals surface area contributed by atoms with Gasteiger partial charge in [-0.3, -0.25) is 0 Å². The summed E-state index contributed by atoms with van der Waals surface area (Å²) < 4.78 is 33.1. The maximum absolute atomic E-state index is 13.5. The lowest BCUT2D eigenvalue weighted by molar-refractivity contribution is 0.0694. The van der Waals surface area contributed by atoms with Gasteiger partial charge in [-0.05, 0) is 61.0 Å². The van der Waals surface area contributed by atoms with Gasteiger partial charge < -0.3 is 14.8 Å². The van der Waals surface area contributed by atoms with Crippen LogP contribution in [0.2, 0.25) is 0 Å². The molecule has 168 valence electrons. The Balaban J connectivity index is 1.70. The van der Waals surface area contributed by atoms with Gasteiger partial charge in [-0.1, -0.05) is 12.1 Å². The Hall–Kier alpha value is -3.91. The van der Waals surface area contributed by atoms with Crippen LogP contribution >= 0.6 is 0 Å². The maximum atomic E-state index is 13.5. The van der Waals surface area contributed by atoms with Crippen molar-refractivity contribution in [3.8, 4) is 11.3 Å². The normalized spacial score (nSPS) is 12.0. The Bertz CT molecular complexity index is 1250. The molecule has 0 saturated carbocycles. The number of ether oxygens (including phenoxy) is 1. The number of benzene rings is 2.